The molecular formula is C18H21F2N3O. The van der Waals surface area contributed by atoms with E-state index in [9.17, 15) is 8.78 Å². The van der Waals surface area contributed by atoms with Crippen molar-refractivity contribution in [3.63, 3.8) is 0 Å². The molecule has 2 rings (SSSR count). The number of nitrogens with zero attached hydrogens (tertiary/aromatic N) is 1. The predicted molar refractivity (Wildman–Crippen MR) is 91.1 cm³/mol. The quantitative estimate of drug-likeness (QED) is 0.465. The number of halogens is 2. The molecule has 4 nitrogen and oxygen atoms in total. The molecule has 0 spiro atoms. The van der Waals surface area contributed by atoms with E-state index in [1.54, 1.807) is 0 Å². The van der Waals surface area contributed by atoms with Crippen molar-refractivity contribution in [3.8, 4) is 5.75 Å². The number of ether oxygens (including phenoxy) is 1. The molecule has 2 aromatic carbocycles. The number of rotatable bonds is 7. The molecule has 0 heterocycles. The van der Waals surface area contributed by atoms with Crippen molar-refractivity contribution >= 4 is 5.96 Å². The summed E-state index contributed by atoms with van der Waals surface area (Å²) in [5, 5.41) is 6.24. The first kappa shape index (κ1) is 17.7. The lowest BCUT2D eigenvalue weighted by Crippen LogP contribution is -2.39. The molecule has 0 bridgehead atoms. The van der Waals surface area contributed by atoms with Gasteiger partial charge in [0.1, 0.15) is 12.4 Å². The smallest absolute Gasteiger partial charge is 0.191 e. The molecule has 0 amide bonds. The standard InChI is InChI=1S/C18H21F2N3O/c1-2-21-18(23-13-14-6-4-3-5-7-14)22-10-11-24-17-9-8-15(19)12-16(17)20/h3-9,12H,2,10-11,13H2,1H3,(H2,21,22,23). The number of guanidine groups is 1. The molecule has 6 heteroatoms. The van der Waals surface area contributed by atoms with E-state index < -0.39 is 11.6 Å². The third kappa shape index (κ3) is 5.87. The van der Waals surface area contributed by atoms with Gasteiger partial charge < -0.3 is 15.4 Å². The molecule has 0 saturated carbocycles. The Hall–Kier alpha value is -2.63. The summed E-state index contributed by atoms with van der Waals surface area (Å²) >= 11 is 0. The third-order valence-corrected chi connectivity index (χ3v) is 3.15. The maximum absolute atomic E-state index is 13.4. The monoisotopic (exact) mass is 333 g/mol. The summed E-state index contributed by atoms with van der Waals surface area (Å²) in [6.45, 7) is 3.94. The average molecular weight is 333 g/mol. The Morgan fingerprint density at radius 1 is 1.08 bits per heavy atom. The van der Waals surface area contributed by atoms with Crippen LogP contribution < -0.4 is 15.4 Å². The Labute approximate surface area is 140 Å². The Morgan fingerprint density at radius 2 is 1.88 bits per heavy atom. The summed E-state index contributed by atoms with van der Waals surface area (Å²) < 4.78 is 31.6. The van der Waals surface area contributed by atoms with Crippen LogP contribution in [0, 0.1) is 11.6 Å². The summed E-state index contributed by atoms with van der Waals surface area (Å²) in [5.74, 6) is -0.644. The van der Waals surface area contributed by atoms with Gasteiger partial charge in [-0.2, -0.15) is 0 Å². The minimum atomic E-state index is -0.709. The molecule has 128 valence electrons. The number of aliphatic imine (C=N–C) groups is 1. The fourth-order valence-corrected chi connectivity index (χ4v) is 2.02. The van der Waals surface area contributed by atoms with Crippen molar-refractivity contribution in [2.45, 2.75) is 13.5 Å². The Balaban J connectivity index is 1.80. The van der Waals surface area contributed by atoms with Crippen LogP contribution in [0.3, 0.4) is 0 Å². The molecule has 2 aromatic rings. The molecule has 0 unspecified atom stereocenters. The minimum absolute atomic E-state index is 0.0319. The van der Waals surface area contributed by atoms with Crippen molar-refractivity contribution in [3.05, 3.63) is 65.7 Å². The highest BCUT2D eigenvalue weighted by Crippen LogP contribution is 2.17. The second kappa shape index (κ2) is 9.50. The van der Waals surface area contributed by atoms with E-state index in [0.29, 0.717) is 19.0 Å². The SMILES string of the molecule is CCNC(=NCc1ccccc1)NCCOc1ccc(F)cc1F. The van der Waals surface area contributed by atoms with Crippen LogP contribution in [0.1, 0.15) is 12.5 Å². The zero-order valence-corrected chi connectivity index (χ0v) is 13.6. The molecule has 0 aliphatic rings. The van der Waals surface area contributed by atoms with Gasteiger partial charge in [0.15, 0.2) is 17.5 Å². The van der Waals surface area contributed by atoms with Crippen LogP contribution in [0.5, 0.6) is 5.75 Å². The largest absolute Gasteiger partial charge is 0.489 e. The summed E-state index contributed by atoms with van der Waals surface area (Å²) in [5.41, 5.74) is 1.11. The van der Waals surface area contributed by atoms with Crippen molar-refractivity contribution in [1.82, 2.24) is 10.6 Å². The van der Waals surface area contributed by atoms with Crippen LogP contribution in [0.2, 0.25) is 0 Å². The van der Waals surface area contributed by atoms with Crippen LogP contribution in [-0.2, 0) is 6.54 Å². The average Bonchev–Trinajstić information content (AvgIpc) is 2.59. The number of benzene rings is 2. The van der Waals surface area contributed by atoms with Gasteiger partial charge in [0.2, 0.25) is 0 Å². The van der Waals surface area contributed by atoms with E-state index in [2.05, 4.69) is 15.6 Å². The van der Waals surface area contributed by atoms with Gasteiger partial charge in [-0.25, -0.2) is 13.8 Å². The number of nitrogens with one attached hydrogen (secondary N) is 2. The molecule has 0 atom stereocenters. The summed E-state index contributed by atoms with van der Waals surface area (Å²) in [6.07, 6.45) is 0. The van der Waals surface area contributed by atoms with E-state index in [-0.39, 0.29) is 12.4 Å². The van der Waals surface area contributed by atoms with Crippen LogP contribution in [-0.4, -0.2) is 25.7 Å². The zero-order valence-electron chi connectivity index (χ0n) is 13.6. The second-order valence-corrected chi connectivity index (χ2v) is 5.03. The molecular weight excluding hydrogens is 312 g/mol. The normalized spacial score (nSPS) is 11.2. The van der Waals surface area contributed by atoms with Gasteiger partial charge in [-0.05, 0) is 24.6 Å². The Bertz CT molecular complexity index is 663. The van der Waals surface area contributed by atoms with Crippen molar-refractivity contribution in [2.24, 2.45) is 4.99 Å². The van der Waals surface area contributed by atoms with Crippen molar-refractivity contribution < 1.29 is 13.5 Å². The first-order valence-corrected chi connectivity index (χ1v) is 7.83. The molecule has 0 aliphatic carbocycles. The van der Waals surface area contributed by atoms with E-state index in [1.807, 2.05) is 37.3 Å². The maximum atomic E-state index is 13.4. The molecule has 0 saturated heterocycles. The van der Waals surface area contributed by atoms with E-state index in [0.717, 1.165) is 24.2 Å². The lowest BCUT2D eigenvalue weighted by atomic mass is 10.2. The van der Waals surface area contributed by atoms with Crippen LogP contribution >= 0.6 is 0 Å². The summed E-state index contributed by atoms with van der Waals surface area (Å²) in [4.78, 5) is 4.47. The van der Waals surface area contributed by atoms with Gasteiger partial charge in [-0.3, -0.25) is 0 Å². The lowest BCUT2D eigenvalue weighted by Gasteiger charge is -2.12. The van der Waals surface area contributed by atoms with Gasteiger partial charge in [0.05, 0.1) is 13.1 Å². The molecule has 2 N–H and O–H groups in total. The van der Waals surface area contributed by atoms with Gasteiger partial charge in [-0.15, -0.1) is 0 Å². The molecule has 0 aliphatic heterocycles. The molecule has 0 fully saturated rings. The zero-order chi connectivity index (χ0) is 17.2. The second-order valence-electron chi connectivity index (χ2n) is 5.03. The highest BCUT2D eigenvalue weighted by Gasteiger charge is 2.04. The summed E-state index contributed by atoms with van der Waals surface area (Å²) in [6, 6.07) is 13.2. The highest BCUT2D eigenvalue weighted by molar-refractivity contribution is 5.79. The Kier molecular flexibility index (Phi) is 7.01. The van der Waals surface area contributed by atoms with Gasteiger partial charge >= 0.3 is 0 Å². The van der Waals surface area contributed by atoms with Crippen LogP contribution in [0.15, 0.2) is 53.5 Å². The predicted octanol–water partition coefficient (Wildman–Crippen LogP) is 3.10. The fraction of sp³-hybridized carbons (Fsp3) is 0.278. The maximum Gasteiger partial charge on any atom is 0.191 e. The topological polar surface area (TPSA) is 45.7 Å². The number of hydrogen-bond acceptors (Lipinski definition) is 2. The molecule has 24 heavy (non-hydrogen) atoms. The fourth-order valence-electron chi connectivity index (χ4n) is 2.02. The highest BCUT2D eigenvalue weighted by atomic mass is 19.1. The van der Waals surface area contributed by atoms with Gasteiger partial charge in [0, 0.05) is 12.6 Å². The molecule has 0 aromatic heterocycles. The van der Waals surface area contributed by atoms with Gasteiger partial charge in [-0.1, -0.05) is 30.3 Å². The Morgan fingerprint density at radius 3 is 2.58 bits per heavy atom. The first-order chi connectivity index (χ1) is 11.7. The van der Waals surface area contributed by atoms with E-state index in [1.165, 1.54) is 6.07 Å². The first-order valence-electron chi connectivity index (χ1n) is 7.83. The van der Waals surface area contributed by atoms with Gasteiger partial charge in [0.25, 0.3) is 0 Å². The van der Waals surface area contributed by atoms with Crippen LogP contribution in [0.25, 0.3) is 0 Å². The van der Waals surface area contributed by atoms with Crippen molar-refractivity contribution in [2.75, 3.05) is 19.7 Å². The van der Waals surface area contributed by atoms with Crippen LogP contribution in [0.4, 0.5) is 8.78 Å². The molecule has 0 radical (unpaired) electrons. The third-order valence-electron chi connectivity index (χ3n) is 3.15. The lowest BCUT2D eigenvalue weighted by molar-refractivity contribution is 0.304. The summed E-state index contributed by atoms with van der Waals surface area (Å²) in [7, 11) is 0. The minimum Gasteiger partial charge on any atom is -0.489 e. The van der Waals surface area contributed by atoms with Crippen molar-refractivity contribution in [1.29, 1.82) is 0 Å². The number of hydrogen-bond donors (Lipinski definition) is 2. The van der Waals surface area contributed by atoms with E-state index >= 15 is 0 Å². The van der Waals surface area contributed by atoms with E-state index in [4.69, 9.17) is 4.74 Å².